The molecule has 0 fully saturated rings. The van der Waals surface area contributed by atoms with Crippen LogP contribution >= 0.6 is 27.3 Å². The van der Waals surface area contributed by atoms with Gasteiger partial charge in [-0.15, -0.1) is 0 Å². The predicted molar refractivity (Wildman–Crippen MR) is 32.0 cm³/mol. The molecule has 1 aromatic rings. The molecule has 0 unspecified atom stereocenters. The van der Waals surface area contributed by atoms with Gasteiger partial charge in [0.25, 0.3) is 0 Å². The van der Waals surface area contributed by atoms with E-state index in [2.05, 4.69) is 15.9 Å². The van der Waals surface area contributed by atoms with Crippen LogP contribution in [0.4, 0.5) is 0 Å². The Morgan fingerprint density at radius 3 is 3.00 bits per heavy atom. The fraction of sp³-hybridized carbons (Fsp3) is 0. The van der Waals surface area contributed by atoms with Crippen LogP contribution in [0.3, 0.4) is 0 Å². The minimum absolute atomic E-state index is 0.116. The fourth-order valence-electron chi connectivity index (χ4n) is 0.166. The monoisotopic (exact) mass is 165 g/mol. The summed E-state index contributed by atoms with van der Waals surface area (Å²) in [6.07, 6.45) is 0. The van der Waals surface area contributed by atoms with Crippen LogP contribution < -0.4 is 0 Å². The Hall–Kier alpha value is 0.180. The van der Waals surface area contributed by atoms with Gasteiger partial charge < -0.3 is 0 Å². The van der Waals surface area contributed by atoms with Crippen molar-refractivity contribution in [3.63, 3.8) is 0 Å². The summed E-state index contributed by atoms with van der Waals surface area (Å²) in [5.41, 5.74) is 0. The van der Waals surface area contributed by atoms with E-state index in [4.69, 9.17) is 4.11 Å². The summed E-state index contributed by atoms with van der Waals surface area (Å²) in [4.78, 5) is 0. The molecule has 0 radical (unpaired) electrons. The number of hydrogen-bond donors (Lipinski definition) is 0. The Morgan fingerprint density at radius 1 is 2.00 bits per heavy atom. The summed E-state index contributed by atoms with van der Waals surface area (Å²) in [5, 5.41) is 0.400. The zero-order valence-corrected chi connectivity index (χ0v) is 5.19. The first kappa shape index (κ1) is 1.97. The summed E-state index contributed by atoms with van der Waals surface area (Å²) in [6, 6.07) is 0.116. The highest BCUT2D eigenvalue weighted by Gasteiger charge is 1.77. The molecule has 32 valence electrons. The molecule has 0 atom stereocenters. The van der Waals surface area contributed by atoms with Crippen molar-refractivity contribution in [2.24, 2.45) is 0 Å². The van der Waals surface area contributed by atoms with Crippen LogP contribution in [-0.2, 0) is 0 Å². The Balaban J connectivity index is 3.29. The third-order valence-electron chi connectivity index (χ3n) is 0.352. The SMILES string of the molecule is [2H]c1sc([2H])c(Br)c1[2H]. The normalized spacial score (nSPS) is 15.8. The molecule has 6 heavy (non-hydrogen) atoms. The molecule has 1 rings (SSSR count). The first-order chi connectivity index (χ1) is 4.13. The molecule has 0 saturated heterocycles. The Labute approximate surface area is 53.2 Å². The number of halogens is 1. The highest BCUT2D eigenvalue weighted by molar-refractivity contribution is 9.10. The smallest absolute Gasteiger partial charge is 0.0752 e. The van der Waals surface area contributed by atoms with Crippen molar-refractivity contribution in [3.8, 4) is 0 Å². The molecule has 0 aliphatic rings. The first-order valence-electron chi connectivity index (χ1n) is 2.85. The van der Waals surface area contributed by atoms with E-state index in [9.17, 15) is 0 Å². The molecule has 0 aromatic carbocycles. The topological polar surface area (TPSA) is 0 Å². The molecule has 0 bridgehead atoms. The fourth-order valence-corrected chi connectivity index (χ4v) is 0.984. The molecular formula is C4H3BrS. The maximum Gasteiger partial charge on any atom is 0.0752 e. The van der Waals surface area contributed by atoms with E-state index in [0.717, 1.165) is 11.3 Å². The molecule has 0 nitrogen and oxygen atoms in total. The maximum atomic E-state index is 7.12. The molecule has 0 N–H and O–H groups in total. The van der Waals surface area contributed by atoms with E-state index in [-0.39, 0.29) is 16.8 Å². The van der Waals surface area contributed by atoms with Gasteiger partial charge in [-0.1, -0.05) is 0 Å². The number of thiophene rings is 1. The minimum atomic E-state index is 0.116. The lowest BCUT2D eigenvalue weighted by molar-refractivity contribution is 1.90. The van der Waals surface area contributed by atoms with Crippen molar-refractivity contribution in [3.05, 3.63) is 21.2 Å². The van der Waals surface area contributed by atoms with Crippen LogP contribution in [0.25, 0.3) is 0 Å². The van der Waals surface area contributed by atoms with Crippen LogP contribution in [0, 0.1) is 0 Å². The van der Waals surface area contributed by atoms with Crippen molar-refractivity contribution in [2.75, 3.05) is 0 Å². The summed E-state index contributed by atoms with van der Waals surface area (Å²) in [5.74, 6) is 0. The second-order valence-electron chi connectivity index (χ2n) is 0.745. The standard InChI is InChI=1S/C4H3BrS/c5-4-1-2-6-3-4/h1-3H/i1D,2D,3D. The van der Waals surface area contributed by atoms with Gasteiger partial charge in [-0.05, 0) is 27.3 Å². The van der Waals surface area contributed by atoms with Crippen LogP contribution in [0.15, 0.2) is 21.2 Å². The lowest BCUT2D eigenvalue weighted by Crippen LogP contribution is -1.34. The number of rotatable bonds is 0. The molecule has 0 aliphatic carbocycles. The van der Waals surface area contributed by atoms with Crippen molar-refractivity contribution < 1.29 is 4.11 Å². The van der Waals surface area contributed by atoms with Gasteiger partial charge in [-0.25, -0.2) is 0 Å². The van der Waals surface area contributed by atoms with Crippen molar-refractivity contribution in [1.82, 2.24) is 0 Å². The molecule has 1 heterocycles. The lowest BCUT2D eigenvalue weighted by atomic mass is 10.7. The Kier molecular flexibility index (Phi) is 0.576. The van der Waals surface area contributed by atoms with Gasteiger partial charge in [0.1, 0.15) is 0 Å². The van der Waals surface area contributed by atoms with Gasteiger partial charge in [0.15, 0.2) is 0 Å². The summed E-state index contributed by atoms with van der Waals surface area (Å²) in [6.45, 7) is 0. The van der Waals surface area contributed by atoms with Crippen LogP contribution in [0.2, 0.25) is 0 Å². The predicted octanol–water partition coefficient (Wildman–Crippen LogP) is 2.51. The molecular weight excluding hydrogens is 160 g/mol. The summed E-state index contributed by atoms with van der Waals surface area (Å²) in [7, 11) is 0. The lowest BCUT2D eigenvalue weighted by Gasteiger charge is -1.62. The summed E-state index contributed by atoms with van der Waals surface area (Å²) < 4.78 is 21.7. The number of hydrogen-bond acceptors (Lipinski definition) is 1. The molecule has 2 heteroatoms. The molecule has 0 saturated carbocycles. The van der Waals surface area contributed by atoms with Gasteiger partial charge in [0.05, 0.1) is 4.11 Å². The molecule has 0 spiro atoms. The second-order valence-corrected chi connectivity index (χ2v) is 2.15. The highest BCUT2D eigenvalue weighted by atomic mass is 79.9. The van der Waals surface area contributed by atoms with Crippen LogP contribution in [-0.4, -0.2) is 0 Å². The van der Waals surface area contributed by atoms with Gasteiger partial charge in [-0.3, -0.25) is 0 Å². The largest absolute Gasteiger partial charge is 0.151 e. The van der Waals surface area contributed by atoms with E-state index < -0.39 is 0 Å². The first-order valence-corrected chi connectivity index (χ1v) is 2.96. The zero-order chi connectivity index (χ0) is 7.02. The third-order valence-corrected chi connectivity index (χ3v) is 1.52. The van der Waals surface area contributed by atoms with Crippen molar-refractivity contribution in [2.45, 2.75) is 0 Å². The van der Waals surface area contributed by atoms with Crippen molar-refractivity contribution >= 4 is 27.3 Å². The minimum Gasteiger partial charge on any atom is -0.151 e. The van der Waals surface area contributed by atoms with E-state index in [1.165, 1.54) is 0 Å². The third kappa shape index (κ3) is 0.820. The van der Waals surface area contributed by atoms with Gasteiger partial charge in [0, 0.05) is 9.83 Å². The molecule has 0 aliphatic heterocycles. The van der Waals surface area contributed by atoms with Gasteiger partial charge in [0.2, 0.25) is 0 Å². The zero-order valence-electron chi connectivity index (χ0n) is 5.79. The summed E-state index contributed by atoms with van der Waals surface area (Å²) >= 11 is 4.01. The van der Waals surface area contributed by atoms with Crippen LogP contribution in [0.5, 0.6) is 0 Å². The van der Waals surface area contributed by atoms with Crippen LogP contribution in [0.1, 0.15) is 4.11 Å². The molecule has 0 amide bonds. The van der Waals surface area contributed by atoms with E-state index >= 15 is 0 Å². The average Bonchev–Trinajstić information content (AvgIpc) is 1.98. The van der Waals surface area contributed by atoms with Gasteiger partial charge in [-0.2, -0.15) is 11.3 Å². The van der Waals surface area contributed by atoms with E-state index in [0.29, 0.717) is 4.47 Å². The highest BCUT2D eigenvalue weighted by Crippen LogP contribution is 2.11. The van der Waals surface area contributed by atoms with Gasteiger partial charge >= 0.3 is 0 Å². The second kappa shape index (κ2) is 1.76. The van der Waals surface area contributed by atoms with E-state index in [1.54, 1.807) is 0 Å². The Morgan fingerprint density at radius 2 is 2.83 bits per heavy atom. The maximum absolute atomic E-state index is 7.12. The Bertz CT molecular complexity index is 209. The van der Waals surface area contributed by atoms with Crippen molar-refractivity contribution in [1.29, 1.82) is 0 Å². The molecule has 1 aromatic heterocycles. The average molecular weight is 166 g/mol. The van der Waals surface area contributed by atoms with E-state index in [1.807, 2.05) is 0 Å². The quantitative estimate of drug-likeness (QED) is 0.555.